The van der Waals surface area contributed by atoms with E-state index in [2.05, 4.69) is 10.3 Å². The van der Waals surface area contributed by atoms with Crippen molar-refractivity contribution in [3.63, 3.8) is 0 Å². The molecule has 0 amide bonds. The lowest BCUT2D eigenvalue weighted by molar-refractivity contribution is 0.0751. The van der Waals surface area contributed by atoms with Crippen LogP contribution in [0, 0.1) is 5.82 Å². The first-order valence-electron chi connectivity index (χ1n) is 5.67. The van der Waals surface area contributed by atoms with Crippen LogP contribution in [-0.2, 0) is 11.2 Å². The summed E-state index contributed by atoms with van der Waals surface area (Å²) < 4.78 is 23.8. The van der Waals surface area contributed by atoms with E-state index in [1.807, 2.05) is 0 Å². The molecule has 1 aliphatic heterocycles. The van der Waals surface area contributed by atoms with Crippen LogP contribution in [0.4, 0.5) is 4.39 Å². The molecule has 0 bridgehead atoms. The van der Waals surface area contributed by atoms with Gasteiger partial charge in [-0.1, -0.05) is 0 Å². The Hall–Kier alpha value is -1.46. The molecular formula is C12H13FN2O2. The number of nitrogens with zero attached hydrogens (tertiary/aromatic N) is 1. The van der Waals surface area contributed by atoms with Gasteiger partial charge in [0.05, 0.1) is 13.2 Å². The third kappa shape index (κ3) is 2.30. The van der Waals surface area contributed by atoms with Crippen molar-refractivity contribution in [1.82, 2.24) is 10.3 Å². The highest BCUT2D eigenvalue weighted by Gasteiger charge is 2.17. The fourth-order valence-corrected chi connectivity index (χ4v) is 2.00. The number of halogens is 1. The highest BCUT2D eigenvalue weighted by Crippen LogP contribution is 2.17. The van der Waals surface area contributed by atoms with Gasteiger partial charge < -0.3 is 14.5 Å². The zero-order valence-electron chi connectivity index (χ0n) is 9.28. The van der Waals surface area contributed by atoms with Gasteiger partial charge in [-0.05, 0) is 12.1 Å². The summed E-state index contributed by atoms with van der Waals surface area (Å²) in [5.74, 6) is 0.313. The van der Waals surface area contributed by atoms with Crippen LogP contribution in [0.25, 0.3) is 11.1 Å². The average Bonchev–Trinajstić information content (AvgIpc) is 2.71. The van der Waals surface area contributed by atoms with Crippen LogP contribution >= 0.6 is 0 Å². The van der Waals surface area contributed by atoms with Crippen LogP contribution in [-0.4, -0.2) is 30.8 Å². The molecule has 1 aliphatic rings. The number of morpholine rings is 1. The quantitative estimate of drug-likeness (QED) is 0.858. The number of ether oxygens (including phenoxy) is 1. The Morgan fingerprint density at radius 2 is 2.41 bits per heavy atom. The SMILES string of the molecule is Fc1ccc2nc(CC3COCCN3)oc2c1. The Balaban J connectivity index is 1.80. The lowest BCUT2D eigenvalue weighted by Crippen LogP contribution is -2.42. The third-order valence-electron chi connectivity index (χ3n) is 2.81. The zero-order chi connectivity index (χ0) is 11.7. The Morgan fingerprint density at radius 3 is 3.24 bits per heavy atom. The maximum absolute atomic E-state index is 13.0. The molecule has 1 fully saturated rings. The molecule has 0 spiro atoms. The van der Waals surface area contributed by atoms with Crippen LogP contribution in [0.15, 0.2) is 22.6 Å². The first kappa shape index (κ1) is 10.7. The largest absolute Gasteiger partial charge is 0.441 e. The minimum Gasteiger partial charge on any atom is -0.441 e. The summed E-state index contributed by atoms with van der Waals surface area (Å²) in [4.78, 5) is 4.32. The van der Waals surface area contributed by atoms with Crippen LogP contribution in [0.3, 0.4) is 0 Å². The monoisotopic (exact) mass is 236 g/mol. The minimum atomic E-state index is -0.306. The standard InChI is InChI=1S/C12H13FN2O2/c13-8-1-2-10-11(5-8)17-12(15-10)6-9-7-16-4-3-14-9/h1-2,5,9,14H,3-4,6-7H2. The molecule has 1 aromatic heterocycles. The van der Waals surface area contributed by atoms with Crippen molar-refractivity contribution in [2.45, 2.75) is 12.5 Å². The maximum Gasteiger partial charge on any atom is 0.197 e. The van der Waals surface area contributed by atoms with Crippen molar-refractivity contribution in [2.24, 2.45) is 0 Å². The molecule has 2 heterocycles. The number of nitrogens with one attached hydrogen (secondary N) is 1. The van der Waals surface area contributed by atoms with Gasteiger partial charge in [-0.3, -0.25) is 0 Å². The van der Waals surface area contributed by atoms with Gasteiger partial charge in [-0.25, -0.2) is 9.37 Å². The van der Waals surface area contributed by atoms with Gasteiger partial charge in [0.2, 0.25) is 0 Å². The van der Waals surface area contributed by atoms with Crippen molar-refractivity contribution >= 4 is 11.1 Å². The van der Waals surface area contributed by atoms with E-state index in [-0.39, 0.29) is 11.9 Å². The zero-order valence-corrected chi connectivity index (χ0v) is 9.28. The fraction of sp³-hybridized carbons (Fsp3) is 0.417. The molecular weight excluding hydrogens is 223 g/mol. The Kier molecular flexibility index (Phi) is 2.78. The molecule has 1 aromatic carbocycles. The summed E-state index contributed by atoms with van der Waals surface area (Å²) in [5.41, 5.74) is 1.19. The minimum absolute atomic E-state index is 0.224. The molecule has 1 atom stereocenters. The molecule has 1 saturated heterocycles. The first-order valence-corrected chi connectivity index (χ1v) is 5.67. The summed E-state index contributed by atoms with van der Waals surface area (Å²) in [5, 5.41) is 3.32. The lowest BCUT2D eigenvalue weighted by Gasteiger charge is -2.22. The van der Waals surface area contributed by atoms with Crippen molar-refractivity contribution in [3.8, 4) is 0 Å². The fourth-order valence-electron chi connectivity index (χ4n) is 2.00. The number of fused-ring (bicyclic) bond motifs is 1. The van der Waals surface area contributed by atoms with Gasteiger partial charge >= 0.3 is 0 Å². The number of benzene rings is 1. The molecule has 17 heavy (non-hydrogen) atoms. The molecule has 0 radical (unpaired) electrons. The van der Waals surface area contributed by atoms with Gasteiger partial charge in [-0.2, -0.15) is 0 Å². The van der Waals surface area contributed by atoms with Crippen LogP contribution in [0.2, 0.25) is 0 Å². The van der Waals surface area contributed by atoms with E-state index in [0.717, 1.165) is 13.2 Å². The average molecular weight is 236 g/mol. The summed E-state index contributed by atoms with van der Waals surface area (Å²) >= 11 is 0. The molecule has 0 aliphatic carbocycles. The van der Waals surface area contributed by atoms with E-state index < -0.39 is 0 Å². The normalized spacial score (nSPS) is 20.9. The second kappa shape index (κ2) is 4.43. The first-order chi connectivity index (χ1) is 8.31. The molecule has 2 aromatic rings. The second-order valence-corrected chi connectivity index (χ2v) is 4.15. The van der Waals surface area contributed by atoms with Gasteiger partial charge in [0.25, 0.3) is 0 Å². The molecule has 4 nitrogen and oxygen atoms in total. The van der Waals surface area contributed by atoms with Gasteiger partial charge in [-0.15, -0.1) is 0 Å². The van der Waals surface area contributed by atoms with Crippen LogP contribution in [0.5, 0.6) is 0 Å². The van der Waals surface area contributed by atoms with Crippen molar-refractivity contribution in [3.05, 3.63) is 29.9 Å². The highest BCUT2D eigenvalue weighted by molar-refractivity contribution is 5.72. The van der Waals surface area contributed by atoms with Crippen LogP contribution < -0.4 is 5.32 Å². The Morgan fingerprint density at radius 1 is 1.47 bits per heavy atom. The summed E-state index contributed by atoms with van der Waals surface area (Å²) in [7, 11) is 0. The number of rotatable bonds is 2. The summed E-state index contributed by atoms with van der Waals surface area (Å²) in [6, 6.07) is 4.59. The molecule has 1 unspecified atom stereocenters. The van der Waals surface area contributed by atoms with Crippen LogP contribution in [0.1, 0.15) is 5.89 Å². The molecule has 5 heteroatoms. The van der Waals surface area contributed by atoms with Crippen molar-refractivity contribution < 1.29 is 13.5 Å². The molecule has 3 rings (SSSR count). The van der Waals surface area contributed by atoms with E-state index >= 15 is 0 Å². The smallest absolute Gasteiger partial charge is 0.197 e. The predicted octanol–water partition coefficient (Wildman–Crippen LogP) is 1.50. The second-order valence-electron chi connectivity index (χ2n) is 4.15. The lowest BCUT2D eigenvalue weighted by atomic mass is 10.2. The molecule has 0 saturated carbocycles. The Labute approximate surface area is 97.8 Å². The van der Waals surface area contributed by atoms with E-state index in [9.17, 15) is 4.39 Å². The maximum atomic E-state index is 13.0. The Bertz CT molecular complexity index is 520. The van der Waals surface area contributed by atoms with E-state index in [4.69, 9.17) is 9.15 Å². The number of oxazole rings is 1. The predicted molar refractivity (Wildman–Crippen MR) is 60.3 cm³/mol. The molecule has 1 N–H and O–H groups in total. The topological polar surface area (TPSA) is 47.3 Å². The van der Waals surface area contributed by atoms with E-state index in [1.54, 1.807) is 6.07 Å². The van der Waals surface area contributed by atoms with Gasteiger partial charge in [0, 0.05) is 25.1 Å². The number of aromatic nitrogens is 1. The third-order valence-corrected chi connectivity index (χ3v) is 2.81. The van der Waals surface area contributed by atoms with Crippen molar-refractivity contribution in [1.29, 1.82) is 0 Å². The van der Waals surface area contributed by atoms with Gasteiger partial charge in [0.1, 0.15) is 11.3 Å². The number of hydrogen-bond acceptors (Lipinski definition) is 4. The van der Waals surface area contributed by atoms with E-state index in [1.165, 1.54) is 12.1 Å². The van der Waals surface area contributed by atoms with Gasteiger partial charge in [0.15, 0.2) is 11.5 Å². The molecule has 90 valence electrons. The number of hydrogen-bond donors (Lipinski definition) is 1. The van der Waals surface area contributed by atoms with E-state index in [0.29, 0.717) is 30.0 Å². The summed E-state index contributed by atoms with van der Waals surface area (Å²) in [6.07, 6.45) is 0.663. The summed E-state index contributed by atoms with van der Waals surface area (Å²) in [6.45, 7) is 2.25. The van der Waals surface area contributed by atoms with Crippen molar-refractivity contribution in [2.75, 3.05) is 19.8 Å². The highest BCUT2D eigenvalue weighted by atomic mass is 19.1.